The monoisotopic (exact) mass is 524 g/mol. The lowest BCUT2D eigenvalue weighted by molar-refractivity contribution is -0.181. The molecule has 204 valence electrons. The van der Waals surface area contributed by atoms with Crippen molar-refractivity contribution in [2.75, 3.05) is 20.5 Å². The van der Waals surface area contributed by atoms with Crippen LogP contribution in [0.2, 0.25) is 0 Å². The number of benzene rings is 1. The summed E-state index contributed by atoms with van der Waals surface area (Å²) in [5.41, 5.74) is 3.85. The maximum Gasteiger partial charge on any atom is 0.262 e. The number of nitrogens with one attached hydrogen (secondary N) is 1. The van der Waals surface area contributed by atoms with E-state index in [1.165, 1.54) is 17.9 Å². The molecule has 8 nitrogen and oxygen atoms in total. The van der Waals surface area contributed by atoms with Gasteiger partial charge in [0.25, 0.3) is 11.5 Å². The van der Waals surface area contributed by atoms with Gasteiger partial charge in [0.15, 0.2) is 6.29 Å². The first-order chi connectivity index (χ1) is 17.2. The first-order valence-electron chi connectivity index (χ1n) is 12.4. The number of hydroxylamine groups is 1. The number of amides is 1. The van der Waals surface area contributed by atoms with Gasteiger partial charge >= 0.3 is 0 Å². The van der Waals surface area contributed by atoms with Gasteiger partial charge in [0.05, 0.1) is 7.11 Å². The topological polar surface area (TPSA) is 95.9 Å². The molecule has 0 aliphatic heterocycles. The Morgan fingerprint density at radius 2 is 1.69 bits per heavy atom. The second kappa shape index (κ2) is 17.9. The first-order valence-corrected chi connectivity index (χ1v) is 14.0. The molecule has 1 aromatic carbocycles. The van der Waals surface area contributed by atoms with Crippen LogP contribution < -0.4 is 15.8 Å². The summed E-state index contributed by atoms with van der Waals surface area (Å²) >= 11 is 0. The zero-order chi connectivity index (χ0) is 27.7. The van der Waals surface area contributed by atoms with Crippen molar-refractivity contribution in [3.05, 3.63) is 52.9 Å². The molecule has 1 aromatic heterocycles. The lowest BCUT2D eigenvalue weighted by Gasteiger charge is -2.27. The Morgan fingerprint density at radius 1 is 1.08 bits per heavy atom. The average molecular weight is 525 g/mol. The fourth-order valence-corrected chi connectivity index (χ4v) is 3.75. The van der Waals surface area contributed by atoms with Crippen LogP contribution in [0.4, 0.5) is 0 Å². The number of hydrogen-bond donors (Lipinski definition) is 1. The number of methoxy groups -OCH3 is 2. The van der Waals surface area contributed by atoms with Gasteiger partial charge in [-0.2, -0.15) is 0 Å². The summed E-state index contributed by atoms with van der Waals surface area (Å²) < 4.78 is 23.0. The Balaban J connectivity index is 0.00000291. The number of pyridine rings is 1. The molecule has 2 rings (SSSR count). The fraction of sp³-hybridized carbons (Fsp3) is 0.556. The van der Waals surface area contributed by atoms with Crippen molar-refractivity contribution in [1.29, 1.82) is 0 Å². The lowest BCUT2D eigenvalue weighted by Crippen LogP contribution is -2.49. The third-order valence-corrected chi connectivity index (χ3v) is 7.09. The predicted molar refractivity (Wildman–Crippen MR) is 147 cm³/mol. The Morgan fingerprint density at radius 3 is 2.17 bits per heavy atom. The lowest BCUT2D eigenvalue weighted by atomic mass is 10.1. The maximum atomic E-state index is 12.7. The third-order valence-electron chi connectivity index (χ3n) is 5.43. The highest BCUT2D eigenvalue weighted by Crippen LogP contribution is 2.22. The van der Waals surface area contributed by atoms with E-state index in [4.69, 9.17) is 14.3 Å². The molecule has 0 aliphatic rings. The van der Waals surface area contributed by atoms with Crippen LogP contribution in [0.25, 0.3) is 11.1 Å². The molecule has 0 saturated heterocycles. The summed E-state index contributed by atoms with van der Waals surface area (Å²) in [5, 5.41) is 0. The van der Waals surface area contributed by atoms with Crippen LogP contribution in [-0.2, 0) is 31.7 Å². The number of nitrogens with zero attached hydrogens (tertiary/aromatic N) is 1. The molecule has 0 spiro atoms. The van der Waals surface area contributed by atoms with Crippen molar-refractivity contribution in [2.45, 2.75) is 78.4 Å². The van der Waals surface area contributed by atoms with E-state index in [2.05, 4.69) is 5.48 Å². The molecule has 0 fully saturated rings. The van der Waals surface area contributed by atoms with E-state index in [0.717, 1.165) is 23.3 Å². The van der Waals surface area contributed by atoms with Crippen molar-refractivity contribution in [2.24, 2.45) is 0 Å². The van der Waals surface area contributed by atoms with Crippen LogP contribution in [0.1, 0.15) is 60.8 Å². The summed E-state index contributed by atoms with van der Waals surface area (Å²) in [4.78, 5) is 30.7. The third kappa shape index (κ3) is 9.87. The maximum absolute atomic E-state index is 12.7. The van der Waals surface area contributed by atoms with Crippen LogP contribution in [0.5, 0.6) is 5.75 Å². The molecule has 0 saturated carbocycles. The number of aryl methyl sites for hydroxylation is 1. The van der Waals surface area contributed by atoms with Crippen LogP contribution in [-0.4, -0.2) is 46.2 Å². The van der Waals surface area contributed by atoms with Crippen LogP contribution in [0.3, 0.4) is 0 Å². The molecule has 0 bridgehead atoms. The van der Waals surface area contributed by atoms with Gasteiger partial charge in [-0.3, -0.25) is 13.8 Å². The van der Waals surface area contributed by atoms with Gasteiger partial charge in [-0.1, -0.05) is 53.2 Å². The molecule has 0 radical (unpaired) electrons. The number of carbonyl (C=O) groups is 1. The normalized spacial score (nSPS) is 13.6. The van der Waals surface area contributed by atoms with Crippen LogP contribution in [0.15, 0.2) is 47.4 Å². The van der Waals surface area contributed by atoms with Gasteiger partial charge in [-0.15, -0.1) is 0 Å². The Hall–Kier alpha value is -2.49. The second-order valence-corrected chi connectivity index (χ2v) is 9.42. The highest BCUT2D eigenvalue weighted by Gasteiger charge is 2.38. The van der Waals surface area contributed by atoms with Gasteiger partial charge in [-0.25, -0.2) is 10.3 Å². The zero-order valence-electron chi connectivity index (χ0n) is 23.3. The molecular formula is C27H44N2O6S. The molecular weight excluding hydrogens is 480 g/mol. The van der Waals surface area contributed by atoms with Crippen molar-refractivity contribution in [1.82, 2.24) is 10.0 Å². The average Bonchev–Trinajstić information content (AvgIpc) is 2.92. The zero-order valence-corrected chi connectivity index (χ0v) is 24.1. The minimum atomic E-state index is -1.50. The highest BCUT2D eigenvalue weighted by molar-refractivity contribution is 7.86. The summed E-state index contributed by atoms with van der Waals surface area (Å²) in [6.45, 7) is 11.8. The smallest absolute Gasteiger partial charge is 0.262 e. The molecule has 9 heteroatoms. The van der Waals surface area contributed by atoms with Crippen molar-refractivity contribution < 1.29 is 23.3 Å². The van der Waals surface area contributed by atoms with E-state index in [1.807, 2.05) is 65.0 Å². The molecule has 1 amide bonds. The Kier molecular flexibility index (Phi) is 16.6. The van der Waals surface area contributed by atoms with E-state index in [1.54, 1.807) is 26.3 Å². The minimum Gasteiger partial charge on any atom is -0.497 e. The standard InChI is InChI=1S/C23H32N2O6S.2C2H6/c1-6-7-21(30-4)31-24-22(27)23(2,32(5)28)13-15-25-14-12-18(16-20(25)26)17-8-10-19(29-3)11-9-17;2*1-2/h8-12,14,16,21H,6-7,13,15H2,1-5H3,(H,24,27);2*1-2H3. The van der Waals surface area contributed by atoms with Crippen LogP contribution in [0, 0.1) is 0 Å². The molecule has 1 N–H and O–H groups in total. The summed E-state index contributed by atoms with van der Waals surface area (Å²) in [7, 11) is 1.59. The molecule has 0 aliphatic carbocycles. The van der Waals surface area contributed by atoms with E-state index in [0.29, 0.717) is 6.42 Å². The Bertz CT molecular complexity index is 977. The van der Waals surface area contributed by atoms with Gasteiger partial charge in [0.1, 0.15) is 10.5 Å². The number of carbonyl (C=O) groups excluding carboxylic acids is 1. The fourth-order valence-electron chi connectivity index (χ4n) is 3.06. The molecule has 2 aromatic rings. The van der Waals surface area contributed by atoms with Gasteiger partial charge in [0, 0.05) is 49.4 Å². The molecule has 1 heterocycles. The SMILES string of the molecule is CC.CC.CCCC(OC)ONC(=O)C(C)(CCn1ccc(-c2ccc(OC)cc2)cc1=O)S(C)=O. The summed E-state index contributed by atoms with van der Waals surface area (Å²) in [6.07, 6.45) is 4.19. The minimum absolute atomic E-state index is 0.193. The number of hydrogen-bond acceptors (Lipinski definition) is 6. The number of rotatable bonds is 12. The number of ether oxygens (including phenoxy) is 2. The van der Waals surface area contributed by atoms with Gasteiger partial charge in [0.2, 0.25) is 0 Å². The van der Waals surface area contributed by atoms with Crippen molar-refractivity contribution >= 4 is 16.7 Å². The van der Waals surface area contributed by atoms with Crippen LogP contribution >= 0.6 is 0 Å². The molecule has 3 atom stereocenters. The second-order valence-electron chi connectivity index (χ2n) is 7.61. The largest absolute Gasteiger partial charge is 0.497 e. The molecule has 3 unspecified atom stereocenters. The van der Waals surface area contributed by atoms with Gasteiger partial charge in [-0.05, 0) is 42.7 Å². The van der Waals surface area contributed by atoms with E-state index in [-0.39, 0.29) is 18.5 Å². The van der Waals surface area contributed by atoms with E-state index >= 15 is 0 Å². The van der Waals surface area contributed by atoms with Gasteiger partial charge < -0.3 is 14.0 Å². The van der Waals surface area contributed by atoms with E-state index < -0.39 is 27.7 Å². The van der Waals surface area contributed by atoms with Crippen molar-refractivity contribution in [3.8, 4) is 16.9 Å². The summed E-state index contributed by atoms with van der Waals surface area (Å²) in [6, 6.07) is 10.8. The highest BCUT2D eigenvalue weighted by atomic mass is 32.2. The van der Waals surface area contributed by atoms with Crippen molar-refractivity contribution in [3.63, 3.8) is 0 Å². The number of aromatic nitrogens is 1. The molecule has 36 heavy (non-hydrogen) atoms. The predicted octanol–water partition coefficient (Wildman–Crippen LogP) is 4.92. The summed E-state index contributed by atoms with van der Waals surface area (Å²) in [5.74, 6) is 0.224. The first kappa shape index (κ1) is 33.5. The van der Waals surface area contributed by atoms with E-state index in [9.17, 15) is 13.8 Å². The Labute approximate surface area is 218 Å². The quantitative estimate of drug-likeness (QED) is 0.313.